The van der Waals surface area contributed by atoms with Gasteiger partial charge in [0.2, 0.25) is 0 Å². The van der Waals surface area contributed by atoms with Gasteiger partial charge in [-0.25, -0.2) is 8.97 Å². The van der Waals surface area contributed by atoms with Crippen molar-refractivity contribution in [2.24, 2.45) is 0 Å². The van der Waals surface area contributed by atoms with Crippen LogP contribution in [0.15, 0.2) is 24.3 Å². The molecule has 0 saturated carbocycles. The van der Waals surface area contributed by atoms with Gasteiger partial charge in [0.25, 0.3) is 0 Å². The van der Waals surface area contributed by atoms with Crippen molar-refractivity contribution in [3.63, 3.8) is 0 Å². The van der Waals surface area contributed by atoms with Gasteiger partial charge in [-0.05, 0) is 24.3 Å². The third-order valence-electron chi connectivity index (χ3n) is 2.21. The van der Waals surface area contributed by atoms with Crippen molar-refractivity contribution in [3.05, 3.63) is 35.6 Å². The van der Waals surface area contributed by atoms with E-state index >= 15 is 0 Å². The van der Waals surface area contributed by atoms with Crippen LogP contribution in [0, 0.1) is 5.82 Å². The Morgan fingerprint density at radius 3 is 2.38 bits per heavy atom. The van der Waals surface area contributed by atoms with Crippen LogP contribution in [-0.4, -0.2) is 37.0 Å². The molecule has 0 bridgehead atoms. The predicted molar refractivity (Wildman–Crippen MR) is 59.5 cm³/mol. The molecule has 1 aromatic carbocycles. The lowest BCUT2D eigenvalue weighted by atomic mass is 10.1. The number of ketones is 1. The second-order valence-electron chi connectivity index (χ2n) is 3.63. The molecule has 86 valence electrons. The molecule has 0 saturated heterocycles. The van der Waals surface area contributed by atoms with Crippen molar-refractivity contribution in [3.8, 4) is 0 Å². The van der Waals surface area contributed by atoms with Crippen LogP contribution < -0.4 is 0 Å². The SMILES string of the molecule is CC(OCC(=O)c1ccc(F)cc1)=[N+](C)C. The summed E-state index contributed by atoms with van der Waals surface area (Å²) in [5, 5.41) is 0. The average Bonchev–Trinajstić information content (AvgIpc) is 2.26. The number of ether oxygens (including phenoxy) is 1. The summed E-state index contributed by atoms with van der Waals surface area (Å²) in [6.45, 7) is 1.74. The Bertz CT molecular complexity index is 406. The van der Waals surface area contributed by atoms with Crippen molar-refractivity contribution in [1.82, 2.24) is 0 Å². The van der Waals surface area contributed by atoms with Gasteiger partial charge in [-0.3, -0.25) is 4.79 Å². The van der Waals surface area contributed by atoms with E-state index in [9.17, 15) is 9.18 Å². The van der Waals surface area contributed by atoms with E-state index in [-0.39, 0.29) is 18.2 Å². The van der Waals surface area contributed by atoms with Gasteiger partial charge in [-0.15, -0.1) is 0 Å². The van der Waals surface area contributed by atoms with E-state index in [1.54, 1.807) is 11.5 Å². The number of hydrogen-bond acceptors (Lipinski definition) is 2. The highest BCUT2D eigenvalue weighted by Gasteiger charge is 2.09. The fourth-order valence-electron chi connectivity index (χ4n) is 1.02. The molecular formula is C12H15FNO2+. The molecule has 1 aromatic rings. The first-order valence-electron chi connectivity index (χ1n) is 4.93. The quantitative estimate of drug-likeness (QED) is 0.338. The Labute approximate surface area is 94.2 Å². The number of nitrogens with zero attached hydrogens (tertiary/aromatic N) is 1. The second-order valence-corrected chi connectivity index (χ2v) is 3.63. The zero-order chi connectivity index (χ0) is 12.1. The molecule has 0 amide bonds. The lowest BCUT2D eigenvalue weighted by Gasteiger charge is -2.02. The van der Waals surface area contributed by atoms with E-state index in [0.717, 1.165) is 0 Å². The highest BCUT2D eigenvalue weighted by Crippen LogP contribution is 2.03. The highest BCUT2D eigenvalue weighted by atomic mass is 19.1. The van der Waals surface area contributed by atoms with Gasteiger partial charge >= 0.3 is 5.90 Å². The van der Waals surface area contributed by atoms with Gasteiger partial charge in [0.1, 0.15) is 19.9 Å². The van der Waals surface area contributed by atoms with Gasteiger partial charge < -0.3 is 4.74 Å². The molecule has 0 radical (unpaired) electrons. The zero-order valence-corrected chi connectivity index (χ0v) is 9.66. The summed E-state index contributed by atoms with van der Waals surface area (Å²) < 4.78 is 19.6. The summed E-state index contributed by atoms with van der Waals surface area (Å²) in [7, 11) is 3.66. The molecule has 4 heteroatoms. The minimum absolute atomic E-state index is 0.0321. The molecular weight excluding hydrogens is 209 g/mol. The number of carbonyl (C=O) groups is 1. The number of rotatable bonds is 3. The Morgan fingerprint density at radius 1 is 1.31 bits per heavy atom. The van der Waals surface area contributed by atoms with Crippen molar-refractivity contribution >= 4 is 11.7 Å². The van der Waals surface area contributed by atoms with Crippen LogP contribution in [0.2, 0.25) is 0 Å². The summed E-state index contributed by atoms with van der Waals surface area (Å²) in [4.78, 5) is 11.6. The van der Waals surface area contributed by atoms with E-state index in [0.29, 0.717) is 11.5 Å². The van der Waals surface area contributed by atoms with E-state index in [1.165, 1.54) is 24.3 Å². The molecule has 0 heterocycles. The minimum Gasteiger partial charge on any atom is -0.440 e. The minimum atomic E-state index is -0.353. The Hall–Kier alpha value is -1.71. The van der Waals surface area contributed by atoms with Crippen LogP contribution in [-0.2, 0) is 4.74 Å². The molecule has 0 spiro atoms. The molecule has 0 fully saturated rings. The fraction of sp³-hybridized carbons (Fsp3) is 0.333. The molecule has 0 aliphatic carbocycles. The highest BCUT2D eigenvalue weighted by molar-refractivity contribution is 5.97. The molecule has 16 heavy (non-hydrogen) atoms. The van der Waals surface area contributed by atoms with Crippen molar-refractivity contribution in [1.29, 1.82) is 0 Å². The summed E-state index contributed by atoms with van der Waals surface area (Å²) in [5.41, 5.74) is 0.452. The standard InChI is InChI=1S/C12H15FNO2/c1-9(14(2)3)16-8-12(15)10-4-6-11(13)7-5-10/h4-7H,8H2,1-3H3/q+1. The van der Waals surface area contributed by atoms with E-state index < -0.39 is 0 Å². The monoisotopic (exact) mass is 224 g/mol. The third-order valence-corrected chi connectivity index (χ3v) is 2.21. The number of hydrogen-bond donors (Lipinski definition) is 0. The number of Topliss-reactive ketones (excluding diaryl/α,β-unsaturated/α-hetero) is 1. The number of halogens is 1. The first-order valence-corrected chi connectivity index (χ1v) is 4.93. The molecule has 0 atom stereocenters. The Balaban J connectivity index is 2.60. The van der Waals surface area contributed by atoms with Crippen molar-refractivity contribution in [2.75, 3.05) is 20.7 Å². The van der Waals surface area contributed by atoms with Crippen LogP contribution in [0.5, 0.6) is 0 Å². The normalized spacial score (nSPS) is 9.75. The first kappa shape index (κ1) is 12.4. The molecule has 0 aromatic heterocycles. The van der Waals surface area contributed by atoms with Crippen LogP contribution in [0.1, 0.15) is 17.3 Å². The summed E-state index contributed by atoms with van der Waals surface area (Å²) >= 11 is 0. The number of benzene rings is 1. The first-order chi connectivity index (χ1) is 7.50. The molecule has 3 nitrogen and oxygen atoms in total. The largest absolute Gasteiger partial charge is 0.440 e. The molecule has 0 unspecified atom stereocenters. The maximum absolute atomic E-state index is 12.6. The maximum atomic E-state index is 12.6. The molecule has 1 rings (SSSR count). The smallest absolute Gasteiger partial charge is 0.333 e. The Kier molecular flexibility index (Phi) is 4.17. The maximum Gasteiger partial charge on any atom is 0.333 e. The lowest BCUT2D eigenvalue weighted by molar-refractivity contribution is -0.474. The van der Waals surface area contributed by atoms with Crippen LogP contribution in [0.25, 0.3) is 0 Å². The molecule has 0 aliphatic rings. The van der Waals surface area contributed by atoms with Crippen molar-refractivity contribution < 1.29 is 18.5 Å². The van der Waals surface area contributed by atoms with E-state index in [4.69, 9.17) is 4.74 Å². The average molecular weight is 224 g/mol. The summed E-state index contributed by atoms with van der Waals surface area (Å²) in [5.74, 6) is 0.144. The molecule has 0 N–H and O–H groups in total. The van der Waals surface area contributed by atoms with Gasteiger partial charge in [-0.1, -0.05) is 0 Å². The topological polar surface area (TPSA) is 29.3 Å². The predicted octanol–water partition coefficient (Wildman–Crippen LogP) is 1.72. The van der Waals surface area contributed by atoms with Gasteiger partial charge in [0, 0.05) is 5.56 Å². The Morgan fingerprint density at radius 2 is 1.88 bits per heavy atom. The summed E-state index contributed by atoms with van der Waals surface area (Å²) in [6.07, 6.45) is 0. The number of carbonyl (C=O) groups excluding carboxylic acids is 1. The van der Waals surface area contributed by atoms with Crippen LogP contribution >= 0.6 is 0 Å². The fourth-order valence-corrected chi connectivity index (χ4v) is 1.02. The third kappa shape index (κ3) is 3.46. The van der Waals surface area contributed by atoms with Gasteiger partial charge in [0.15, 0.2) is 12.4 Å². The van der Waals surface area contributed by atoms with Gasteiger partial charge in [-0.2, -0.15) is 0 Å². The van der Waals surface area contributed by atoms with E-state index in [2.05, 4.69) is 0 Å². The van der Waals surface area contributed by atoms with Crippen LogP contribution in [0.4, 0.5) is 4.39 Å². The zero-order valence-electron chi connectivity index (χ0n) is 9.66. The van der Waals surface area contributed by atoms with Gasteiger partial charge in [0.05, 0.1) is 6.92 Å². The van der Waals surface area contributed by atoms with E-state index in [1.807, 2.05) is 14.1 Å². The lowest BCUT2D eigenvalue weighted by Crippen LogP contribution is -2.18. The van der Waals surface area contributed by atoms with Crippen molar-refractivity contribution in [2.45, 2.75) is 6.92 Å². The van der Waals surface area contributed by atoms with Crippen LogP contribution in [0.3, 0.4) is 0 Å². The summed E-state index contributed by atoms with van der Waals surface area (Å²) in [6, 6.07) is 5.42. The second kappa shape index (κ2) is 5.39. The molecule has 0 aliphatic heterocycles.